The summed E-state index contributed by atoms with van der Waals surface area (Å²) in [5, 5.41) is 7.49. The van der Waals surface area contributed by atoms with Gasteiger partial charge in [0.25, 0.3) is 0 Å². The molecule has 104 valence electrons. The van der Waals surface area contributed by atoms with Gasteiger partial charge in [-0.25, -0.2) is 4.98 Å². The van der Waals surface area contributed by atoms with Gasteiger partial charge in [0.05, 0.1) is 6.54 Å². The normalized spacial score (nSPS) is 17.6. The number of carbonyl (C=O) groups is 1. The number of benzene rings is 1. The Morgan fingerprint density at radius 2 is 2.15 bits per heavy atom. The van der Waals surface area contributed by atoms with E-state index in [9.17, 15) is 4.79 Å². The third-order valence-corrected chi connectivity index (χ3v) is 3.58. The summed E-state index contributed by atoms with van der Waals surface area (Å²) in [5.41, 5.74) is 5.64. The van der Waals surface area contributed by atoms with Gasteiger partial charge >= 0.3 is 0 Å². The lowest BCUT2D eigenvalue weighted by atomic mass is 9.88. The summed E-state index contributed by atoms with van der Waals surface area (Å²) >= 11 is 0. The van der Waals surface area contributed by atoms with Crippen molar-refractivity contribution in [3.8, 4) is 0 Å². The van der Waals surface area contributed by atoms with Crippen LogP contribution in [-0.4, -0.2) is 26.7 Å². The van der Waals surface area contributed by atoms with Crippen molar-refractivity contribution < 1.29 is 4.79 Å². The van der Waals surface area contributed by atoms with E-state index in [0.717, 1.165) is 18.4 Å². The van der Waals surface area contributed by atoms with Crippen LogP contribution in [0, 0.1) is 0 Å². The molecule has 20 heavy (non-hydrogen) atoms. The van der Waals surface area contributed by atoms with Gasteiger partial charge in [-0.2, -0.15) is 5.10 Å². The zero-order valence-electron chi connectivity index (χ0n) is 11.1. The van der Waals surface area contributed by atoms with E-state index in [2.05, 4.69) is 15.4 Å². The zero-order chi connectivity index (χ0) is 14.0. The average Bonchev–Trinajstić information content (AvgIpc) is 3.12. The van der Waals surface area contributed by atoms with E-state index in [4.69, 9.17) is 5.73 Å². The average molecular weight is 271 g/mol. The molecular weight excluding hydrogens is 254 g/mol. The van der Waals surface area contributed by atoms with Crippen molar-refractivity contribution in [3.05, 3.63) is 48.5 Å². The molecule has 1 aromatic carbocycles. The number of amides is 1. The molecule has 0 aliphatic heterocycles. The van der Waals surface area contributed by atoms with Crippen molar-refractivity contribution in [2.75, 3.05) is 0 Å². The number of rotatable bonds is 6. The molecule has 3 N–H and O–H groups in total. The molecule has 1 aromatic heterocycles. The minimum absolute atomic E-state index is 0.336. The lowest BCUT2D eigenvalue weighted by Crippen LogP contribution is -2.56. The van der Waals surface area contributed by atoms with Gasteiger partial charge in [0.1, 0.15) is 18.2 Å². The number of carbonyl (C=O) groups excluding carboxylic acids is 1. The van der Waals surface area contributed by atoms with Crippen LogP contribution in [0.25, 0.3) is 0 Å². The predicted molar refractivity (Wildman–Crippen MR) is 73.5 cm³/mol. The number of nitrogens with two attached hydrogens (primary N) is 1. The SMILES string of the molecule is NC(=O)C(Cn1cncn1)(NC1CC1)c1ccccc1. The van der Waals surface area contributed by atoms with Crippen LogP contribution in [0.5, 0.6) is 0 Å². The molecular formula is C14H17N5O. The first-order valence-corrected chi connectivity index (χ1v) is 6.66. The Bertz CT molecular complexity index is 579. The summed E-state index contributed by atoms with van der Waals surface area (Å²) in [6.45, 7) is 0.336. The Kier molecular flexibility index (Phi) is 3.23. The van der Waals surface area contributed by atoms with E-state index in [-0.39, 0.29) is 0 Å². The lowest BCUT2D eigenvalue weighted by Gasteiger charge is -2.32. The first-order valence-electron chi connectivity index (χ1n) is 6.66. The molecule has 1 fully saturated rings. The van der Waals surface area contributed by atoms with Gasteiger partial charge in [-0.15, -0.1) is 0 Å². The molecule has 2 aromatic rings. The Morgan fingerprint density at radius 3 is 2.70 bits per heavy atom. The Balaban J connectivity index is 2.01. The molecule has 3 rings (SSSR count). The number of hydrogen-bond acceptors (Lipinski definition) is 4. The molecule has 6 heteroatoms. The van der Waals surface area contributed by atoms with Crippen LogP contribution in [0.2, 0.25) is 0 Å². The van der Waals surface area contributed by atoms with E-state index in [0.29, 0.717) is 12.6 Å². The highest BCUT2D eigenvalue weighted by Gasteiger charge is 2.43. The maximum absolute atomic E-state index is 12.2. The summed E-state index contributed by atoms with van der Waals surface area (Å²) in [4.78, 5) is 16.1. The second-order valence-electron chi connectivity index (χ2n) is 5.15. The molecule has 0 saturated heterocycles. The van der Waals surface area contributed by atoms with Crippen molar-refractivity contribution in [1.82, 2.24) is 20.1 Å². The Hall–Kier alpha value is -2.21. The predicted octanol–water partition coefficient (Wildman–Crippen LogP) is 0.411. The molecule has 1 aliphatic carbocycles. The van der Waals surface area contributed by atoms with Crippen molar-refractivity contribution in [2.24, 2.45) is 5.73 Å². The summed E-state index contributed by atoms with van der Waals surface area (Å²) < 4.78 is 1.63. The summed E-state index contributed by atoms with van der Waals surface area (Å²) in [5.74, 6) is -0.397. The summed E-state index contributed by atoms with van der Waals surface area (Å²) in [7, 11) is 0. The smallest absolute Gasteiger partial charge is 0.244 e. The van der Waals surface area contributed by atoms with Gasteiger partial charge in [-0.05, 0) is 18.4 Å². The summed E-state index contributed by atoms with van der Waals surface area (Å²) in [6, 6.07) is 9.90. The minimum atomic E-state index is -0.948. The molecule has 0 radical (unpaired) electrons. The fourth-order valence-electron chi connectivity index (χ4n) is 2.37. The number of hydrogen-bond donors (Lipinski definition) is 2. The van der Waals surface area contributed by atoms with Gasteiger partial charge in [0, 0.05) is 6.04 Å². The van der Waals surface area contributed by atoms with Crippen LogP contribution < -0.4 is 11.1 Å². The van der Waals surface area contributed by atoms with Crippen molar-refractivity contribution in [3.63, 3.8) is 0 Å². The highest BCUT2D eigenvalue weighted by molar-refractivity contribution is 5.86. The monoisotopic (exact) mass is 271 g/mol. The summed E-state index contributed by atoms with van der Waals surface area (Å²) in [6.07, 6.45) is 5.18. The van der Waals surface area contributed by atoms with E-state index >= 15 is 0 Å². The van der Waals surface area contributed by atoms with Gasteiger partial charge in [0.15, 0.2) is 0 Å². The van der Waals surface area contributed by atoms with Crippen LogP contribution in [-0.2, 0) is 16.9 Å². The van der Waals surface area contributed by atoms with Gasteiger partial charge < -0.3 is 5.73 Å². The number of nitrogens with zero attached hydrogens (tertiary/aromatic N) is 3. The van der Waals surface area contributed by atoms with Gasteiger partial charge in [-0.3, -0.25) is 14.8 Å². The van der Waals surface area contributed by atoms with Crippen LogP contribution in [0.3, 0.4) is 0 Å². The van der Waals surface area contributed by atoms with Gasteiger partial charge in [-0.1, -0.05) is 30.3 Å². The van der Waals surface area contributed by atoms with Crippen LogP contribution >= 0.6 is 0 Å². The number of nitrogens with one attached hydrogen (secondary N) is 1. The van der Waals surface area contributed by atoms with Crippen LogP contribution in [0.4, 0.5) is 0 Å². The Morgan fingerprint density at radius 1 is 1.40 bits per heavy atom. The third-order valence-electron chi connectivity index (χ3n) is 3.58. The quantitative estimate of drug-likeness (QED) is 0.797. The molecule has 1 aliphatic rings. The molecule has 0 bridgehead atoms. The minimum Gasteiger partial charge on any atom is -0.368 e. The van der Waals surface area contributed by atoms with Crippen molar-refractivity contribution in [2.45, 2.75) is 31.0 Å². The van der Waals surface area contributed by atoms with E-state index in [1.54, 1.807) is 11.0 Å². The second kappa shape index (κ2) is 5.05. The Labute approximate surface area is 117 Å². The maximum atomic E-state index is 12.2. The number of primary amides is 1. The lowest BCUT2D eigenvalue weighted by molar-refractivity contribution is -0.125. The standard InChI is InChI=1S/C14H17N5O/c15-13(20)14(18-12-6-7-12,8-19-10-16-9-17-19)11-4-2-1-3-5-11/h1-5,9-10,12,18H,6-8H2,(H2,15,20). The third kappa shape index (κ3) is 2.42. The van der Waals surface area contributed by atoms with Gasteiger partial charge in [0.2, 0.25) is 5.91 Å². The fourth-order valence-corrected chi connectivity index (χ4v) is 2.37. The van der Waals surface area contributed by atoms with E-state index < -0.39 is 11.4 Å². The van der Waals surface area contributed by atoms with E-state index in [1.165, 1.54) is 6.33 Å². The molecule has 1 amide bonds. The first kappa shape index (κ1) is 12.8. The number of aromatic nitrogens is 3. The van der Waals surface area contributed by atoms with Crippen molar-refractivity contribution >= 4 is 5.91 Å². The molecule has 1 heterocycles. The maximum Gasteiger partial charge on any atom is 0.244 e. The molecule has 6 nitrogen and oxygen atoms in total. The fraction of sp³-hybridized carbons (Fsp3) is 0.357. The van der Waals surface area contributed by atoms with Crippen LogP contribution in [0.15, 0.2) is 43.0 Å². The first-order chi connectivity index (χ1) is 9.71. The topological polar surface area (TPSA) is 85.8 Å². The van der Waals surface area contributed by atoms with Crippen LogP contribution in [0.1, 0.15) is 18.4 Å². The zero-order valence-corrected chi connectivity index (χ0v) is 11.1. The van der Waals surface area contributed by atoms with E-state index in [1.807, 2.05) is 30.3 Å². The second-order valence-corrected chi connectivity index (χ2v) is 5.15. The molecule has 1 saturated carbocycles. The molecule has 1 atom stereocenters. The van der Waals surface area contributed by atoms with Crippen molar-refractivity contribution in [1.29, 1.82) is 0 Å². The molecule has 1 unspecified atom stereocenters. The highest BCUT2D eigenvalue weighted by Crippen LogP contribution is 2.30. The molecule has 0 spiro atoms. The largest absolute Gasteiger partial charge is 0.368 e. The highest BCUT2D eigenvalue weighted by atomic mass is 16.1.